The molecule has 37 heavy (non-hydrogen) atoms. The van der Waals surface area contributed by atoms with E-state index in [0.29, 0.717) is 0 Å². The van der Waals surface area contributed by atoms with Crippen LogP contribution in [-0.4, -0.2) is 71.0 Å². The molecule has 0 saturated heterocycles. The first-order valence-corrected chi connectivity index (χ1v) is 16.8. The highest BCUT2D eigenvalue weighted by molar-refractivity contribution is 7.61. The topological polar surface area (TPSA) is 22.2 Å². The molecule has 0 aliphatic rings. The Morgan fingerprint density at radius 2 is 0.757 bits per heavy atom. The van der Waals surface area contributed by atoms with Crippen LogP contribution in [0.25, 0.3) is 0 Å². The fourth-order valence-electron chi connectivity index (χ4n) is 4.79. The Labute approximate surface area is 230 Å². The highest BCUT2D eigenvalue weighted by Gasteiger charge is 2.30. The fraction of sp³-hybridized carbons (Fsp3) is 0.600. The van der Waals surface area contributed by atoms with Crippen molar-refractivity contribution in [2.75, 3.05) is 52.4 Å². The second kappa shape index (κ2) is 16.1. The third kappa shape index (κ3) is 7.98. The summed E-state index contributed by atoms with van der Waals surface area (Å²) in [6.45, 7) is 30.8. The van der Waals surface area contributed by atoms with Gasteiger partial charge in [-0.3, -0.25) is 18.7 Å². The maximum Gasteiger partial charge on any atom is 0.137 e. The normalized spacial score (nSPS) is 12.2. The minimum absolute atomic E-state index is 0.659. The Balaban J connectivity index is 2.71. The number of ether oxygens (including phenoxy) is 1. The molecule has 0 unspecified atom stereocenters. The van der Waals surface area contributed by atoms with Gasteiger partial charge in [0.15, 0.2) is 0 Å². The summed E-state index contributed by atoms with van der Waals surface area (Å²) < 4.78 is 17.4. The second-order valence-electron chi connectivity index (χ2n) is 9.18. The van der Waals surface area contributed by atoms with E-state index < -0.39 is 16.4 Å². The minimum atomic E-state index is -0.659. The third-order valence-corrected chi connectivity index (χ3v) is 12.8. The molecule has 0 aliphatic carbocycles. The van der Waals surface area contributed by atoms with Gasteiger partial charge in [-0.1, -0.05) is 78.6 Å². The van der Waals surface area contributed by atoms with Gasteiger partial charge in [-0.2, -0.15) is 0 Å². The summed E-state index contributed by atoms with van der Waals surface area (Å²) in [5.41, 5.74) is 2.57. The summed E-state index contributed by atoms with van der Waals surface area (Å²) in [5, 5.41) is 2.65. The van der Waals surface area contributed by atoms with Crippen molar-refractivity contribution in [1.29, 1.82) is 0 Å². The van der Waals surface area contributed by atoms with Gasteiger partial charge in [0.1, 0.15) is 11.5 Å². The van der Waals surface area contributed by atoms with Crippen LogP contribution in [-0.2, 0) is 0 Å². The van der Waals surface area contributed by atoms with Crippen LogP contribution in [0.3, 0.4) is 0 Å². The van der Waals surface area contributed by atoms with Crippen molar-refractivity contribution in [2.45, 2.75) is 69.2 Å². The molecule has 0 aliphatic heterocycles. The van der Waals surface area contributed by atoms with Crippen LogP contribution in [0.1, 0.15) is 66.5 Å². The fourth-order valence-corrected chi connectivity index (χ4v) is 10.1. The van der Waals surface area contributed by atoms with Crippen molar-refractivity contribution in [2.24, 2.45) is 0 Å². The van der Waals surface area contributed by atoms with Gasteiger partial charge in [-0.05, 0) is 38.1 Å². The van der Waals surface area contributed by atoms with Gasteiger partial charge in [0, 0.05) is 63.0 Å². The van der Waals surface area contributed by atoms with Crippen LogP contribution >= 0.6 is 16.4 Å². The van der Waals surface area contributed by atoms with Crippen LogP contribution in [0.15, 0.2) is 36.4 Å². The lowest BCUT2D eigenvalue weighted by atomic mass is 10.2. The zero-order chi connectivity index (χ0) is 27.5. The SMILES string of the molecule is CCN(CC)P(c1cc(C)ccc1Oc1ccc(C)cc1P(N(CC)CC)N(CC)CC)N(CC)CC. The predicted molar refractivity (Wildman–Crippen MR) is 167 cm³/mol. The molecule has 0 bridgehead atoms. The van der Waals surface area contributed by atoms with E-state index in [2.05, 4.69) is 124 Å². The van der Waals surface area contributed by atoms with E-state index in [1.807, 2.05) is 0 Å². The lowest BCUT2D eigenvalue weighted by molar-refractivity contribution is 0.426. The average Bonchev–Trinajstić information content (AvgIpc) is 2.91. The number of benzene rings is 2. The van der Waals surface area contributed by atoms with E-state index in [4.69, 9.17) is 4.74 Å². The van der Waals surface area contributed by atoms with E-state index >= 15 is 0 Å². The zero-order valence-corrected chi connectivity index (χ0v) is 27.0. The van der Waals surface area contributed by atoms with Gasteiger partial charge in [-0.25, -0.2) is 0 Å². The van der Waals surface area contributed by atoms with Gasteiger partial charge in [0.25, 0.3) is 0 Å². The molecule has 5 nitrogen and oxygen atoms in total. The molecule has 208 valence electrons. The zero-order valence-electron chi connectivity index (χ0n) is 25.2. The first kappa shape index (κ1) is 32.2. The van der Waals surface area contributed by atoms with Crippen molar-refractivity contribution in [1.82, 2.24) is 18.7 Å². The molecule has 0 N–H and O–H groups in total. The van der Waals surface area contributed by atoms with Crippen LogP contribution in [0.4, 0.5) is 0 Å². The standard InChI is InChI=1S/C30H52N4OP2/c1-11-31(12-2)36(32(13-3)14-4)29-23-25(9)19-21-27(29)35-28-22-20-26(10)24-30(28)37(33(15-5)16-6)34(17-7)18-8/h19-24H,11-18H2,1-10H3. The Morgan fingerprint density at radius 3 is 1.00 bits per heavy atom. The molecule has 0 saturated carbocycles. The Morgan fingerprint density at radius 1 is 0.486 bits per heavy atom. The minimum Gasteiger partial charge on any atom is -0.456 e. The molecule has 0 atom stereocenters. The predicted octanol–water partition coefficient (Wildman–Crippen LogP) is 7.34. The lowest BCUT2D eigenvalue weighted by Crippen LogP contribution is -2.35. The number of hydrogen-bond donors (Lipinski definition) is 0. The largest absolute Gasteiger partial charge is 0.456 e. The van der Waals surface area contributed by atoms with Crippen LogP contribution in [0.2, 0.25) is 0 Å². The van der Waals surface area contributed by atoms with E-state index in [0.717, 1.165) is 63.9 Å². The molecule has 0 amide bonds. The summed E-state index contributed by atoms with van der Waals surface area (Å²) >= 11 is 0. The molecular formula is C30H52N4OP2. The van der Waals surface area contributed by atoms with Crippen molar-refractivity contribution < 1.29 is 4.74 Å². The first-order chi connectivity index (χ1) is 17.8. The van der Waals surface area contributed by atoms with E-state index in [-0.39, 0.29) is 0 Å². The van der Waals surface area contributed by atoms with Crippen molar-refractivity contribution in [3.8, 4) is 11.5 Å². The average molecular weight is 547 g/mol. The second-order valence-corrected chi connectivity index (χ2v) is 13.6. The summed E-state index contributed by atoms with van der Waals surface area (Å²) in [4.78, 5) is 0. The molecule has 2 aromatic rings. The summed E-state index contributed by atoms with van der Waals surface area (Å²) in [5.74, 6) is 1.99. The maximum atomic E-state index is 6.99. The van der Waals surface area contributed by atoms with Gasteiger partial charge in [0.2, 0.25) is 0 Å². The highest BCUT2D eigenvalue weighted by atomic mass is 31.1. The Bertz CT molecular complexity index is 842. The monoisotopic (exact) mass is 546 g/mol. The molecule has 0 heterocycles. The van der Waals surface area contributed by atoms with Crippen molar-refractivity contribution in [3.05, 3.63) is 47.5 Å². The number of hydrogen-bond acceptors (Lipinski definition) is 5. The molecular weight excluding hydrogens is 494 g/mol. The molecule has 0 fully saturated rings. The molecule has 0 radical (unpaired) electrons. The highest BCUT2D eigenvalue weighted by Crippen LogP contribution is 2.48. The number of rotatable bonds is 16. The van der Waals surface area contributed by atoms with E-state index in [1.165, 1.54) is 21.7 Å². The molecule has 2 aromatic carbocycles. The van der Waals surface area contributed by atoms with Gasteiger partial charge < -0.3 is 4.74 Å². The van der Waals surface area contributed by atoms with E-state index in [1.54, 1.807) is 0 Å². The first-order valence-electron chi connectivity index (χ1n) is 14.3. The summed E-state index contributed by atoms with van der Waals surface area (Å²) in [6.07, 6.45) is 0. The smallest absolute Gasteiger partial charge is 0.137 e. The molecule has 2 rings (SSSR count). The maximum absolute atomic E-state index is 6.99. The summed E-state index contributed by atoms with van der Waals surface area (Å²) in [7, 11) is -1.32. The Kier molecular flexibility index (Phi) is 14.0. The van der Waals surface area contributed by atoms with Crippen LogP contribution in [0.5, 0.6) is 11.5 Å². The molecule has 0 spiro atoms. The van der Waals surface area contributed by atoms with Crippen molar-refractivity contribution in [3.63, 3.8) is 0 Å². The van der Waals surface area contributed by atoms with Crippen LogP contribution < -0.4 is 15.3 Å². The van der Waals surface area contributed by atoms with Gasteiger partial charge in [0.05, 0.1) is 16.4 Å². The Hall–Kier alpha value is -1.06. The summed E-state index contributed by atoms with van der Waals surface area (Å²) in [6, 6.07) is 13.5. The quantitative estimate of drug-likeness (QED) is 0.205. The number of aryl methyl sites for hydroxylation is 2. The third-order valence-electron chi connectivity index (χ3n) is 6.87. The van der Waals surface area contributed by atoms with Gasteiger partial charge in [-0.15, -0.1) is 0 Å². The van der Waals surface area contributed by atoms with Gasteiger partial charge >= 0.3 is 0 Å². The molecule has 0 aromatic heterocycles. The lowest BCUT2D eigenvalue weighted by Gasteiger charge is -2.39. The van der Waals surface area contributed by atoms with E-state index in [9.17, 15) is 0 Å². The number of nitrogens with zero attached hydrogens (tertiary/aromatic N) is 4. The van der Waals surface area contributed by atoms with Crippen LogP contribution in [0, 0.1) is 13.8 Å². The van der Waals surface area contributed by atoms with Crippen molar-refractivity contribution >= 4 is 27.1 Å². The molecule has 7 heteroatoms.